The minimum Gasteiger partial charge on any atom is -0.392 e. The molecule has 0 amide bonds. The lowest BCUT2D eigenvalue weighted by Gasteiger charge is -2.05. The van der Waals surface area contributed by atoms with Gasteiger partial charge in [0.25, 0.3) is 0 Å². The van der Waals surface area contributed by atoms with Crippen molar-refractivity contribution in [3.63, 3.8) is 0 Å². The fraction of sp³-hybridized carbons (Fsp3) is 0.222. The molecule has 0 fully saturated rings. The highest BCUT2D eigenvalue weighted by Gasteiger charge is 2.07. The molecule has 0 atom stereocenters. The third kappa shape index (κ3) is 3.28. The van der Waals surface area contributed by atoms with Crippen LogP contribution >= 0.6 is 35.0 Å². The van der Waals surface area contributed by atoms with Gasteiger partial charge in [0.1, 0.15) is 5.69 Å². The molecule has 15 heavy (non-hydrogen) atoms. The summed E-state index contributed by atoms with van der Waals surface area (Å²) in [5.74, 6) is 0. The van der Waals surface area contributed by atoms with Crippen molar-refractivity contribution < 1.29 is 5.11 Å². The summed E-state index contributed by atoms with van der Waals surface area (Å²) in [5, 5.41) is 10.1. The van der Waals surface area contributed by atoms with Crippen LogP contribution in [0.25, 0.3) is 0 Å². The Hall–Kier alpha value is -0.420. The summed E-state index contributed by atoms with van der Waals surface area (Å²) >= 11 is 13.2. The molecule has 0 saturated carbocycles. The first-order valence-electron chi connectivity index (χ1n) is 4.05. The van der Waals surface area contributed by atoms with Gasteiger partial charge in [-0.25, -0.2) is 4.99 Å². The summed E-state index contributed by atoms with van der Waals surface area (Å²) in [6.07, 6.45) is 1.81. The minimum absolute atomic E-state index is 0.110. The van der Waals surface area contributed by atoms with Crippen molar-refractivity contribution in [3.05, 3.63) is 27.7 Å². The molecule has 3 N–H and O–H groups in total. The van der Waals surface area contributed by atoms with Gasteiger partial charge in [0.2, 0.25) is 0 Å². The predicted octanol–water partition coefficient (Wildman–Crippen LogP) is 2.79. The summed E-state index contributed by atoms with van der Waals surface area (Å²) in [4.78, 5) is 4.06. The monoisotopic (exact) mass is 264 g/mol. The minimum atomic E-state index is -0.110. The quantitative estimate of drug-likeness (QED) is 0.638. The Morgan fingerprint density at radius 3 is 2.40 bits per heavy atom. The third-order valence-corrected chi connectivity index (χ3v) is 2.78. The zero-order valence-corrected chi connectivity index (χ0v) is 10.3. The van der Waals surface area contributed by atoms with Crippen molar-refractivity contribution in [2.45, 2.75) is 6.61 Å². The van der Waals surface area contributed by atoms with Crippen LogP contribution in [0.5, 0.6) is 0 Å². The van der Waals surface area contributed by atoms with Crippen LogP contribution in [-0.4, -0.2) is 16.5 Å². The molecule has 0 aliphatic rings. The zero-order chi connectivity index (χ0) is 11.4. The lowest BCUT2D eigenvalue weighted by molar-refractivity contribution is 0.282. The predicted molar refractivity (Wildman–Crippen MR) is 67.2 cm³/mol. The van der Waals surface area contributed by atoms with Gasteiger partial charge >= 0.3 is 0 Å². The van der Waals surface area contributed by atoms with Crippen LogP contribution in [0.2, 0.25) is 10.0 Å². The maximum Gasteiger partial charge on any atom is 0.159 e. The normalized spacial score (nSPS) is 11.9. The van der Waals surface area contributed by atoms with E-state index in [1.54, 1.807) is 12.1 Å². The first-order valence-corrected chi connectivity index (χ1v) is 6.03. The summed E-state index contributed by atoms with van der Waals surface area (Å²) in [5.41, 5.74) is 6.64. The van der Waals surface area contributed by atoms with Crippen molar-refractivity contribution in [1.82, 2.24) is 0 Å². The van der Waals surface area contributed by atoms with Crippen molar-refractivity contribution in [1.29, 1.82) is 0 Å². The second kappa shape index (κ2) is 5.61. The second-order valence-electron chi connectivity index (χ2n) is 2.72. The summed E-state index contributed by atoms with van der Waals surface area (Å²) in [6.45, 7) is -0.110. The number of amidine groups is 1. The summed E-state index contributed by atoms with van der Waals surface area (Å²) in [7, 11) is 0. The van der Waals surface area contributed by atoms with E-state index in [2.05, 4.69) is 4.99 Å². The molecule has 1 rings (SSSR count). The Morgan fingerprint density at radius 2 is 2.00 bits per heavy atom. The van der Waals surface area contributed by atoms with E-state index >= 15 is 0 Å². The van der Waals surface area contributed by atoms with Crippen LogP contribution in [0.15, 0.2) is 17.1 Å². The Morgan fingerprint density at radius 1 is 1.47 bits per heavy atom. The van der Waals surface area contributed by atoms with Gasteiger partial charge in [-0.1, -0.05) is 35.0 Å². The van der Waals surface area contributed by atoms with E-state index in [1.807, 2.05) is 6.26 Å². The van der Waals surface area contributed by atoms with Gasteiger partial charge in [-0.05, 0) is 24.0 Å². The zero-order valence-electron chi connectivity index (χ0n) is 8.00. The van der Waals surface area contributed by atoms with Gasteiger partial charge < -0.3 is 10.8 Å². The fourth-order valence-corrected chi connectivity index (χ4v) is 1.77. The molecule has 0 saturated heterocycles. The maximum absolute atomic E-state index is 8.92. The van der Waals surface area contributed by atoms with E-state index in [0.29, 0.717) is 26.5 Å². The Balaban J connectivity index is 3.20. The number of aliphatic imine (C=N–C) groups is 1. The molecule has 0 heterocycles. The van der Waals surface area contributed by atoms with E-state index in [4.69, 9.17) is 34.0 Å². The highest BCUT2D eigenvalue weighted by Crippen LogP contribution is 2.34. The van der Waals surface area contributed by atoms with Crippen molar-refractivity contribution in [3.8, 4) is 0 Å². The van der Waals surface area contributed by atoms with Crippen molar-refractivity contribution in [2.75, 3.05) is 6.26 Å². The molecule has 0 aliphatic heterocycles. The van der Waals surface area contributed by atoms with Gasteiger partial charge in [0.05, 0.1) is 16.7 Å². The number of halogens is 2. The van der Waals surface area contributed by atoms with E-state index in [-0.39, 0.29) is 6.61 Å². The number of rotatable bonds is 2. The molecule has 0 bridgehead atoms. The number of thioether (sulfide) groups is 1. The molecule has 0 unspecified atom stereocenters. The average molecular weight is 265 g/mol. The van der Waals surface area contributed by atoms with Crippen molar-refractivity contribution >= 4 is 45.8 Å². The average Bonchev–Trinajstić information content (AvgIpc) is 2.22. The number of aliphatic hydroxyl groups excluding tert-OH is 1. The molecule has 0 aromatic heterocycles. The Kier molecular flexibility index (Phi) is 4.73. The first kappa shape index (κ1) is 12.6. The molecule has 0 radical (unpaired) electrons. The summed E-state index contributed by atoms with van der Waals surface area (Å²) in [6, 6.07) is 3.22. The molecule has 1 aromatic rings. The van der Waals surface area contributed by atoms with E-state index in [9.17, 15) is 0 Å². The van der Waals surface area contributed by atoms with Gasteiger partial charge in [0, 0.05) is 0 Å². The number of aliphatic hydroxyl groups is 1. The SMILES string of the molecule is CSC(N)=Nc1c(Cl)cc(CO)cc1Cl. The van der Waals surface area contributed by atoms with Crippen LogP contribution < -0.4 is 5.73 Å². The third-order valence-electron chi connectivity index (χ3n) is 1.69. The van der Waals surface area contributed by atoms with E-state index in [1.165, 1.54) is 11.8 Å². The first-order chi connectivity index (χ1) is 7.08. The van der Waals surface area contributed by atoms with Crippen LogP contribution in [-0.2, 0) is 6.61 Å². The molecule has 82 valence electrons. The maximum atomic E-state index is 8.92. The fourth-order valence-electron chi connectivity index (χ4n) is 0.972. The van der Waals surface area contributed by atoms with Crippen LogP contribution in [0, 0.1) is 0 Å². The van der Waals surface area contributed by atoms with Gasteiger partial charge in [-0.3, -0.25) is 0 Å². The molecule has 0 aliphatic carbocycles. The number of nitrogens with zero attached hydrogens (tertiary/aromatic N) is 1. The van der Waals surface area contributed by atoms with Crippen molar-refractivity contribution in [2.24, 2.45) is 10.7 Å². The van der Waals surface area contributed by atoms with Gasteiger partial charge in [-0.2, -0.15) is 0 Å². The molecule has 1 aromatic carbocycles. The lowest BCUT2D eigenvalue weighted by atomic mass is 10.2. The van der Waals surface area contributed by atoms with Crippen LogP contribution in [0.4, 0.5) is 5.69 Å². The number of hydrogen-bond donors (Lipinski definition) is 2. The molecule has 6 heteroatoms. The van der Waals surface area contributed by atoms with E-state index < -0.39 is 0 Å². The highest BCUT2D eigenvalue weighted by atomic mass is 35.5. The van der Waals surface area contributed by atoms with Crippen LogP contribution in [0.1, 0.15) is 5.56 Å². The number of hydrogen-bond acceptors (Lipinski definition) is 3. The second-order valence-corrected chi connectivity index (χ2v) is 4.36. The van der Waals surface area contributed by atoms with Gasteiger partial charge in [-0.15, -0.1) is 0 Å². The largest absolute Gasteiger partial charge is 0.392 e. The molecule has 0 spiro atoms. The smallest absolute Gasteiger partial charge is 0.159 e. The molecule has 3 nitrogen and oxygen atoms in total. The number of nitrogens with two attached hydrogens (primary N) is 1. The lowest BCUT2D eigenvalue weighted by Crippen LogP contribution is -2.04. The Labute approximate surface area is 102 Å². The standard InChI is InChI=1S/C9H10Cl2N2OS/c1-15-9(12)13-8-6(10)2-5(4-14)3-7(8)11/h2-3,14H,4H2,1H3,(H2,12,13). The molecular formula is C9H10Cl2N2OS. The topological polar surface area (TPSA) is 58.6 Å². The van der Waals surface area contributed by atoms with Gasteiger partial charge in [0.15, 0.2) is 5.17 Å². The molecular weight excluding hydrogens is 255 g/mol. The highest BCUT2D eigenvalue weighted by molar-refractivity contribution is 8.13. The van der Waals surface area contributed by atoms with Crippen LogP contribution in [0.3, 0.4) is 0 Å². The Bertz CT molecular complexity index is 373. The van der Waals surface area contributed by atoms with E-state index in [0.717, 1.165) is 0 Å². The number of benzene rings is 1. The summed E-state index contributed by atoms with van der Waals surface area (Å²) < 4.78 is 0.